The Morgan fingerprint density at radius 1 is 0.904 bits per heavy atom. The molecule has 3 aromatic rings. The Hall–Kier alpha value is -2.77. The molecule has 0 bridgehead atoms. The molecule has 4 rings (SSSR count). The Morgan fingerprint density at radius 2 is 1.54 bits per heavy atom. The average molecular weight is 760 g/mol. The molecule has 1 fully saturated rings. The first-order valence-electron chi connectivity index (χ1n) is 18.4. The molecular formula is C37H61N5O8Si2. The topological polar surface area (TPSA) is 139 Å². The van der Waals surface area contributed by atoms with Gasteiger partial charge in [0.15, 0.2) is 11.2 Å². The molecule has 0 saturated heterocycles. The molecular weight excluding hydrogens is 699 g/mol. The number of esters is 1. The van der Waals surface area contributed by atoms with Crippen LogP contribution in [0.25, 0.3) is 16.8 Å². The standard InChI is InChI=1S/C37H61N5O8Si2/c1-45-15-17-49-36(44)37(50-18-16-46-2)13-11-29(12-14-37)33-23-34(41(27-47-19-21-51(3,4)5)28-48-20-22-52(6,7)8)42-35(40-33)32(25-39-42)30-9-10-31(26-43)38-24-30/h9-10,23-25,29,43H,11-22,26-28H2,1-8H3. The third-order valence-electron chi connectivity index (χ3n) is 9.35. The molecule has 0 amide bonds. The fourth-order valence-electron chi connectivity index (χ4n) is 6.01. The summed E-state index contributed by atoms with van der Waals surface area (Å²) in [6.45, 7) is 17.1. The van der Waals surface area contributed by atoms with E-state index in [-0.39, 0.29) is 25.1 Å². The fraction of sp³-hybridized carbons (Fsp3) is 0.676. The SMILES string of the molecule is COCCOC(=O)C1(OCCOC)CCC(c2cc(N(COCC[Si](C)(C)C)COCC[Si](C)(C)C)n3ncc(-c4ccc(CO)nc4)c3n2)CC1. The molecule has 3 heterocycles. The Balaban J connectivity index is 1.71. The molecule has 1 aliphatic carbocycles. The minimum absolute atomic E-state index is 0.0507. The van der Waals surface area contributed by atoms with E-state index in [0.29, 0.717) is 83.5 Å². The van der Waals surface area contributed by atoms with E-state index in [1.54, 1.807) is 20.4 Å². The number of hydrogen-bond acceptors (Lipinski definition) is 12. The highest BCUT2D eigenvalue weighted by Gasteiger charge is 2.45. The number of nitrogens with zero attached hydrogens (tertiary/aromatic N) is 5. The molecule has 0 unspecified atom stereocenters. The summed E-state index contributed by atoms with van der Waals surface area (Å²) in [6.07, 6.45) is 5.87. The van der Waals surface area contributed by atoms with E-state index in [4.69, 9.17) is 38.5 Å². The third kappa shape index (κ3) is 12.1. The van der Waals surface area contributed by atoms with Crippen molar-refractivity contribution in [3.05, 3.63) is 42.0 Å². The number of aliphatic hydroxyl groups is 1. The first-order chi connectivity index (χ1) is 24.8. The normalized spacial score (nSPS) is 18.2. The molecule has 1 N–H and O–H groups in total. The Labute approximate surface area is 311 Å². The van der Waals surface area contributed by atoms with Crippen LogP contribution in [0.15, 0.2) is 30.6 Å². The van der Waals surface area contributed by atoms with Crippen LogP contribution < -0.4 is 4.90 Å². The lowest BCUT2D eigenvalue weighted by atomic mass is 9.77. The van der Waals surface area contributed by atoms with E-state index in [1.165, 1.54) is 0 Å². The third-order valence-corrected chi connectivity index (χ3v) is 12.8. The van der Waals surface area contributed by atoms with E-state index in [2.05, 4.69) is 55.2 Å². The van der Waals surface area contributed by atoms with Gasteiger partial charge in [0.05, 0.1) is 38.3 Å². The van der Waals surface area contributed by atoms with Crippen LogP contribution in [0.3, 0.4) is 0 Å². The van der Waals surface area contributed by atoms with Gasteiger partial charge >= 0.3 is 5.97 Å². The Morgan fingerprint density at radius 3 is 2.10 bits per heavy atom. The summed E-state index contributed by atoms with van der Waals surface area (Å²) in [7, 11) is 0.606. The largest absolute Gasteiger partial charge is 0.461 e. The zero-order valence-corrected chi connectivity index (χ0v) is 34.6. The minimum atomic E-state index is -1.29. The van der Waals surface area contributed by atoms with Gasteiger partial charge in [0.2, 0.25) is 0 Å². The second kappa shape index (κ2) is 19.5. The number of ether oxygens (including phenoxy) is 6. The van der Waals surface area contributed by atoms with Gasteiger partial charge in [0.1, 0.15) is 25.9 Å². The van der Waals surface area contributed by atoms with Crippen molar-refractivity contribution in [2.75, 3.05) is 72.2 Å². The highest BCUT2D eigenvalue weighted by atomic mass is 28.3. The zero-order valence-electron chi connectivity index (χ0n) is 32.6. The number of carbonyl (C=O) groups excluding carboxylic acids is 1. The quantitative estimate of drug-likeness (QED) is 0.0560. The van der Waals surface area contributed by atoms with Crippen molar-refractivity contribution >= 4 is 33.6 Å². The maximum atomic E-state index is 13.4. The van der Waals surface area contributed by atoms with Crippen LogP contribution in [-0.2, 0) is 39.8 Å². The summed E-state index contributed by atoms with van der Waals surface area (Å²) < 4.78 is 36.7. The summed E-state index contributed by atoms with van der Waals surface area (Å²) in [5.41, 5.74) is 2.79. The Kier molecular flexibility index (Phi) is 15.8. The van der Waals surface area contributed by atoms with Crippen molar-refractivity contribution < 1.29 is 38.3 Å². The van der Waals surface area contributed by atoms with Gasteiger partial charge in [0, 0.05) is 78.6 Å². The van der Waals surface area contributed by atoms with Crippen molar-refractivity contribution in [3.8, 4) is 11.1 Å². The molecule has 0 radical (unpaired) electrons. The van der Waals surface area contributed by atoms with E-state index >= 15 is 0 Å². The van der Waals surface area contributed by atoms with Gasteiger partial charge in [-0.2, -0.15) is 9.61 Å². The average Bonchev–Trinajstić information content (AvgIpc) is 3.54. The smallest absolute Gasteiger partial charge is 0.338 e. The highest BCUT2D eigenvalue weighted by Crippen LogP contribution is 2.42. The van der Waals surface area contributed by atoms with Crippen molar-refractivity contribution in [2.24, 2.45) is 0 Å². The van der Waals surface area contributed by atoms with E-state index in [9.17, 15) is 9.90 Å². The lowest BCUT2D eigenvalue weighted by molar-refractivity contribution is -0.180. The maximum absolute atomic E-state index is 13.4. The summed E-state index contributed by atoms with van der Waals surface area (Å²) in [4.78, 5) is 25.2. The van der Waals surface area contributed by atoms with Crippen LogP contribution in [0.5, 0.6) is 0 Å². The molecule has 1 saturated carbocycles. The van der Waals surface area contributed by atoms with Crippen LogP contribution in [-0.4, -0.2) is 120 Å². The zero-order chi connectivity index (χ0) is 37.8. The lowest BCUT2D eigenvalue weighted by Gasteiger charge is -2.38. The van der Waals surface area contributed by atoms with Crippen molar-refractivity contribution in [3.63, 3.8) is 0 Å². The highest BCUT2D eigenvalue weighted by molar-refractivity contribution is 6.76. The molecule has 0 atom stereocenters. The number of methoxy groups -OCH3 is 2. The van der Waals surface area contributed by atoms with Gasteiger partial charge in [-0.1, -0.05) is 45.3 Å². The summed E-state index contributed by atoms with van der Waals surface area (Å²) >= 11 is 0. The first-order valence-corrected chi connectivity index (χ1v) is 25.8. The maximum Gasteiger partial charge on any atom is 0.338 e. The summed E-state index contributed by atoms with van der Waals surface area (Å²) in [5.74, 6) is 0.506. The van der Waals surface area contributed by atoms with Crippen LogP contribution >= 0.6 is 0 Å². The van der Waals surface area contributed by atoms with Crippen molar-refractivity contribution in [1.82, 2.24) is 19.6 Å². The number of aliphatic hydroxyl groups excluding tert-OH is 1. The molecule has 1 aliphatic rings. The number of rotatable bonds is 22. The predicted octanol–water partition coefficient (Wildman–Crippen LogP) is 5.96. The van der Waals surface area contributed by atoms with Crippen molar-refractivity contribution in [2.45, 2.75) is 95.2 Å². The fourth-order valence-corrected chi connectivity index (χ4v) is 7.53. The lowest BCUT2D eigenvalue weighted by Crippen LogP contribution is -2.46. The number of anilines is 1. The number of carbonyl (C=O) groups is 1. The summed E-state index contributed by atoms with van der Waals surface area (Å²) in [6, 6.07) is 7.95. The number of pyridine rings is 1. The molecule has 0 aromatic carbocycles. The van der Waals surface area contributed by atoms with E-state index in [1.807, 2.05) is 22.8 Å². The number of hydrogen-bond donors (Lipinski definition) is 1. The molecule has 15 heteroatoms. The van der Waals surface area contributed by atoms with E-state index < -0.39 is 21.7 Å². The van der Waals surface area contributed by atoms with Gasteiger partial charge in [-0.05, 0) is 43.8 Å². The van der Waals surface area contributed by atoms with Gasteiger partial charge in [-0.3, -0.25) is 4.98 Å². The second-order valence-electron chi connectivity index (χ2n) is 16.0. The van der Waals surface area contributed by atoms with Crippen molar-refractivity contribution in [1.29, 1.82) is 0 Å². The minimum Gasteiger partial charge on any atom is -0.461 e. The van der Waals surface area contributed by atoms with Crippen LogP contribution in [0.1, 0.15) is 43.0 Å². The van der Waals surface area contributed by atoms with Crippen LogP contribution in [0, 0.1) is 0 Å². The molecule has 3 aromatic heterocycles. The van der Waals surface area contributed by atoms with Gasteiger partial charge < -0.3 is 38.4 Å². The first kappa shape index (κ1) is 42.0. The van der Waals surface area contributed by atoms with Crippen LogP contribution in [0.2, 0.25) is 51.4 Å². The Bertz CT molecular complexity index is 1510. The second-order valence-corrected chi connectivity index (χ2v) is 27.2. The molecule has 0 spiro atoms. The van der Waals surface area contributed by atoms with Crippen LogP contribution in [0.4, 0.5) is 5.82 Å². The summed E-state index contributed by atoms with van der Waals surface area (Å²) in [5, 5.41) is 14.4. The molecule has 0 aliphatic heterocycles. The van der Waals surface area contributed by atoms with Gasteiger partial charge in [-0.25, -0.2) is 9.78 Å². The van der Waals surface area contributed by atoms with Gasteiger partial charge in [-0.15, -0.1) is 0 Å². The van der Waals surface area contributed by atoms with E-state index in [0.717, 1.165) is 34.7 Å². The molecule has 290 valence electrons. The molecule has 52 heavy (non-hydrogen) atoms. The molecule has 13 nitrogen and oxygen atoms in total. The number of aromatic nitrogens is 4. The van der Waals surface area contributed by atoms with Gasteiger partial charge in [0.25, 0.3) is 0 Å². The predicted molar refractivity (Wildman–Crippen MR) is 207 cm³/mol. The number of fused-ring (bicyclic) bond motifs is 1. The monoisotopic (exact) mass is 759 g/mol.